The highest BCUT2D eigenvalue weighted by atomic mass is 16.5. The van der Waals surface area contributed by atoms with E-state index in [1.807, 2.05) is 0 Å². The summed E-state index contributed by atoms with van der Waals surface area (Å²) in [6, 6.07) is 11.2. The lowest BCUT2D eigenvalue weighted by atomic mass is 9.56. The SMILES string of the molecule is CCCC(C)C1(c2ccccc2)CCC2(CCC(C(C)CCC(=O)NCC3=CNC=CO3)C(=O)N2CC2CCC2)CC1. The quantitative estimate of drug-likeness (QED) is 0.277. The van der Waals surface area contributed by atoms with Gasteiger partial charge in [0.15, 0.2) is 0 Å². The zero-order valence-electron chi connectivity index (χ0n) is 26.2. The van der Waals surface area contributed by atoms with Crippen molar-refractivity contribution in [2.45, 2.75) is 115 Å². The molecule has 2 heterocycles. The third-order valence-corrected chi connectivity index (χ3v) is 11.4. The van der Waals surface area contributed by atoms with E-state index in [1.54, 1.807) is 18.7 Å². The standard InChI is InChI=1S/C36H53N3O3/c1-4-9-28(3)36(30-12-6-5-7-13-30)20-18-35(19-21-36)17-16-32(34(41)39(35)26-29-10-8-11-29)27(2)14-15-33(40)38-25-31-24-37-22-23-42-31/h5-7,12-13,22-24,27-29,32,37H,4,8-11,14-21,25-26H2,1-3H3,(H,38,40). The molecule has 2 amide bonds. The molecule has 1 aromatic rings. The number of ether oxygens (including phenoxy) is 1. The van der Waals surface area contributed by atoms with Gasteiger partial charge in [-0.25, -0.2) is 0 Å². The van der Waals surface area contributed by atoms with Gasteiger partial charge in [0.05, 0.1) is 6.54 Å². The number of benzene rings is 1. The Morgan fingerprint density at radius 1 is 1.07 bits per heavy atom. The summed E-state index contributed by atoms with van der Waals surface area (Å²) in [4.78, 5) is 29.4. The van der Waals surface area contributed by atoms with Gasteiger partial charge in [0.2, 0.25) is 11.8 Å². The first-order valence-electron chi connectivity index (χ1n) is 16.8. The predicted molar refractivity (Wildman–Crippen MR) is 168 cm³/mol. The molecule has 0 radical (unpaired) electrons. The number of likely N-dealkylation sites (tertiary alicyclic amines) is 1. The van der Waals surface area contributed by atoms with Gasteiger partial charge in [-0.15, -0.1) is 0 Å². The largest absolute Gasteiger partial charge is 0.464 e. The second kappa shape index (κ2) is 13.7. The fourth-order valence-electron chi connectivity index (χ4n) is 8.35. The Bertz CT molecular complexity index is 1120. The van der Waals surface area contributed by atoms with Crippen LogP contribution in [0.3, 0.4) is 0 Å². The summed E-state index contributed by atoms with van der Waals surface area (Å²) in [6.07, 6.45) is 19.1. The molecule has 6 nitrogen and oxygen atoms in total. The number of hydrogen-bond donors (Lipinski definition) is 2. The van der Waals surface area contributed by atoms with Gasteiger partial charge >= 0.3 is 0 Å². The predicted octanol–water partition coefficient (Wildman–Crippen LogP) is 7.18. The molecule has 3 unspecified atom stereocenters. The number of carbonyl (C=O) groups excluding carboxylic acids is 2. The molecule has 0 bridgehead atoms. The molecule has 1 saturated heterocycles. The number of carbonyl (C=O) groups is 2. The van der Waals surface area contributed by atoms with Crippen LogP contribution in [0.1, 0.15) is 110 Å². The summed E-state index contributed by atoms with van der Waals surface area (Å²) in [7, 11) is 0. The summed E-state index contributed by atoms with van der Waals surface area (Å²) in [5.41, 5.74) is 1.70. The van der Waals surface area contributed by atoms with Crippen molar-refractivity contribution in [2.24, 2.45) is 23.7 Å². The molecule has 4 aliphatic rings. The first-order chi connectivity index (χ1) is 20.4. The molecular weight excluding hydrogens is 522 g/mol. The molecule has 3 fully saturated rings. The lowest BCUT2D eigenvalue weighted by Crippen LogP contribution is -2.62. The van der Waals surface area contributed by atoms with Crippen LogP contribution in [0, 0.1) is 23.7 Å². The van der Waals surface area contributed by atoms with E-state index in [2.05, 4.69) is 66.6 Å². The minimum absolute atomic E-state index is 0.000679. The molecule has 2 saturated carbocycles. The molecule has 2 aliphatic heterocycles. The Hall–Kier alpha value is -2.76. The average molecular weight is 576 g/mol. The molecule has 2 N–H and O–H groups in total. The van der Waals surface area contributed by atoms with Gasteiger partial charge in [-0.3, -0.25) is 9.59 Å². The zero-order valence-corrected chi connectivity index (χ0v) is 26.2. The van der Waals surface area contributed by atoms with E-state index in [4.69, 9.17) is 4.74 Å². The van der Waals surface area contributed by atoms with Gasteiger partial charge in [-0.2, -0.15) is 0 Å². The van der Waals surface area contributed by atoms with Crippen LogP contribution in [0.4, 0.5) is 0 Å². The van der Waals surface area contributed by atoms with Crippen LogP contribution in [0.25, 0.3) is 0 Å². The van der Waals surface area contributed by atoms with Crippen LogP contribution in [0.5, 0.6) is 0 Å². The van der Waals surface area contributed by atoms with Crippen molar-refractivity contribution in [3.05, 3.63) is 60.3 Å². The highest BCUT2D eigenvalue weighted by molar-refractivity contribution is 5.81. The second-order valence-corrected chi connectivity index (χ2v) is 13.8. The molecule has 2 aliphatic carbocycles. The minimum Gasteiger partial charge on any atom is -0.464 e. The van der Waals surface area contributed by atoms with Crippen molar-refractivity contribution in [2.75, 3.05) is 13.1 Å². The number of nitrogens with zero attached hydrogens (tertiary/aromatic N) is 1. The summed E-state index contributed by atoms with van der Waals surface area (Å²) >= 11 is 0. The van der Waals surface area contributed by atoms with Crippen molar-refractivity contribution in [1.29, 1.82) is 0 Å². The fourth-order valence-corrected chi connectivity index (χ4v) is 8.35. The Morgan fingerprint density at radius 2 is 1.83 bits per heavy atom. The molecule has 6 heteroatoms. The first kappa shape index (κ1) is 30.7. The van der Waals surface area contributed by atoms with Crippen LogP contribution in [-0.4, -0.2) is 35.3 Å². The van der Waals surface area contributed by atoms with Crippen molar-refractivity contribution in [3.8, 4) is 0 Å². The highest BCUT2D eigenvalue weighted by Crippen LogP contribution is 2.54. The third-order valence-electron chi connectivity index (χ3n) is 11.4. The molecule has 3 atom stereocenters. The fraction of sp³-hybridized carbons (Fsp3) is 0.667. The number of amides is 2. The number of piperidine rings is 1. The Morgan fingerprint density at radius 3 is 2.48 bits per heavy atom. The van der Waals surface area contributed by atoms with E-state index in [9.17, 15) is 9.59 Å². The van der Waals surface area contributed by atoms with Crippen molar-refractivity contribution in [1.82, 2.24) is 15.5 Å². The Balaban J connectivity index is 1.24. The van der Waals surface area contributed by atoms with Crippen LogP contribution in [0.2, 0.25) is 0 Å². The maximum absolute atomic E-state index is 14.3. The summed E-state index contributed by atoms with van der Waals surface area (Å²) in [6.45, 7) is 8.26. The Labute approximate surface area is 253 Å². The van der Waals surface area contributed by atoms with E-state index in [0.717, 1.165) is 38.6 Å². The van der Waals surface area contributed by atoms with E-state index in [-0.39, 0.29) is 28.7 Å². The van der Waals surface area contributed by atoms with E-state index in [0.29, 0.717) is 36.5 Å². The molecular formula is C36H53N3O3. The van der Waals surface area contributed by atoms with Gasteiger partial charge in [0, 0.05) is 36.8 Å². The van der Waals surface area contributed by atoms with E-state index >= 15 is 0 Å². The van der Waals surface area contributed by atoms with Gasteiger partial charge < -0.3 is 20.3 Å². The molecule has 0 aromatic heterocycles. The number of nitrogens with one attached hydrogen (secondary N) is 2. The molecule has 230 valence electrons. The topological polar surface area (TPSA) is 70.7 Å². The number of hydrogen-bond acceptors (Lipinski definition) is 4. The Kier molecular flexibility index (Phi) is 10.0. The third kappa shape index (κ3) is 6.58. The van der Waals surface area contributed by atoms with Crippen molar-refractivity contribution < 1.29 is 14.3 Å². The molecule has 1 spiro atoms. The zero-order chi connectivity index (χ0) is 29.6. The normalized spacial score (nSPS) is 29.2. The first-order valence-corrected chi connectivity index (χ1v) is 16.8. The second-order valence-electron chi connectivity index (χ2n) is 13.8. The lowest BCUT2D eigenvalue weighted by molar-refractivity contribution is -0.156. The summed E-state index contributed by atoms with van der Waals surface area (Å²) in [5, 5.41) is 5.93. The molecule has 1 aromatic carbocycles. The van der Waals surface area contributed by atoms with Gasteiger partial charge in [0.25, 0.3) is 0 Å². The van der Waals surface area contributed by atoms with Crippen LogP contribution in [-0.2, 0) is 19.7 Å². The average Bonchev–Trinajstić information content (AvgIpc) is 2.99. The smallest absolute Gasteiger partial charge is 0.226 e. The lowest BCUT2D eigenvalue weighted by Gasteiger charge is -2.58. The van der Waals surface area contributed by atoms with E-state index < -0.39 is 0 Å². The maximum Gasteiger partial charge on any atom is 0.226 e. The highest BCUT2D eigenvalue weighted by Gasteiger charge is 2.53. The van der Waals surface area contributed by atoms with Gasteiger partial charge in [-0.1, -0.05) is 70.4 Å². The summed E-state index contributed by atoms with van der Waals surface area (Å²) in [5.74, 6) is 2.57. The van der Waals surface area contributed by atoms with Crippen LogP contribution in [0.15, 0.2) is 54.8 Å². The van der Waals surface area contributed by atoms with Crippen LogP contribution >= 0.6 is 0 Å². The monoisotopic (exact) mass is 575 g/mol. The van der Waals surface area contributed by atoms with Crippen molar-refractivity contribution >= 4 is 11.8 Å². The number of rotatable bonds is 12. The van der Waals surface area contributed by atoms with Crippen LogP contribution < -0.4 is 10.6 Å². The molecule has 5 rings (SSSR count). The minimum atomic E-state index is 0.000679. The van der Waals surface area contributed by atoms with Gasteiger partial charge in [0.1, 0.15) is 12.0 Å². The summed E-state index contributed by atoms with van der Waals surface area (Å²) < 4.78 is 5.39. The van der Waals surface area contributed by atoms with Crippen molar-refractivity contribution in [3.63, 3.8) is 0 Å². The van der Waals surface area contributed by atoms with E-state index in [1.165, 1.54) is 50.5 Å². The maximum atomic E-state index is 14.3. The van der Waals surface area contributed by atoms with Gasteiger partial charge in [-0.05, 0) is 86.5 Å². The molecule has 42 heavy (non-hydrogen) atoms.